The van der Waals surface area contributed by atoms with Crippen molar-refractivity contribution >= 4 is 20.6 Å². The Labute approximate surface area is 118 Å². The van der Waals surface area contributed by atoms with Gasteiger partial charge in [-0.3, -0.25) is 0 Å². The van der Waals surface area contributed by atoms with Crippen molar-refractivity contribution in [3.63, 3.8) is 0 Å². The van der Waals surface area contributed by atoms with Crippen LogP contribution in [0.2, 0.25) is 13.1 Å². The molecule has 1 saturated heterocycles. The Morgan fingerprint density at radius 3 is 2.58 bits per heavy atom. The largest absolute Gasteiger partial charge is 0.541 e. The van der Waals surface area contributed by atoms with Crippen LogP contribution in [-0.4, -0.2) is 32.9 Å². The maximum Gasteiger partial charge on any atom is 0.274 e. The zero-order chi connectivity index (χ0) is 13.8. The lowest BCUT2D eigenvalue weighted by atomic mass is 10.2. The van der Waals surface area contributed by atoms with E-state index < -0.39 is 9.04 Å². The molecule has 3 nitrogen and oxygen atoms in total. The summed E-state index contributed by atoms with van der Waals surface area (Å²) in [7, 11) is -0.758. The second kappa shape index (κ2) is 6.24. The average Bonchev–Trinajstić information content (AvgIpc) is 2.86. The van der Waals surface area contributed by atoms with E-state index in [9.17, 15) is 0 Å². The van der Waals surface area contributed by atoms with E-state index in [4.69, 9.17) is 9.42 Å². The number of likely N-dealkylation sites (tertiary alicyclic amines) is 1. The summed E-state index contributed by atoms with van der Waals surface area (Å²) >= 11 is 0. The molecule has 0 aromatic heterocycles. The zero-order valence-corrected chi connectivity index (χ0v) is 13.4. The van der Waals surface area contributed by atoms with Crippen molar-refractivity contribution < 1.29 is 4.43 Å². The van der Waals surface area contributed by atoms with Gasteiger partial charge in [0.2, 0.25) is 0 Å². The molecule has 1 aliphatic heterocycles. The maximum atomic E-state index is 5.94. The minimum Gasteiger partial charge on any atom is -0.541 e. The van der Waals surface area contributed by atoms with E-state index in [1.54, 1.807) is 0 Å². The van der Waals surface area contributed by atoms with E-state index in [2.05, 4.69) is 44.0 Å². The molecule has 0 N–H and O–H groups in total. The van der Waals surface area contributed by atoms with Gasteiger partial charge in [-0.15, -0.1) is 0 Å². The Hall–Kier alpha value is -1.29. The van der Waals surface area contributed by atoms with E-state index in [0.717, 1.165) is 30.4 Å². The van der Waals surface area contributed by atoms with Crippen LogP contribution in [0.1, 0.15) is 25.3 Å². The molecule has 1 aromatic rings. The van der Waals surface area contributed by atoms with Crippen LogP contribution in [0.15, 0.2) is 23.2 Å². The van der Waals surface area contributed by atoms with Crippen molar-refractivity contribution in [1.82, 2.24) is 4.90 Å². The van der Waals surface area contributed by atoms with Gasteiger partial charge >= 0.3 is 0 Å². The molecule has 1 aliphatic rings. The normalized spacial score (nSPS) is 16.3. The van der Waals surface area contributed by atoms with Gasteiger partial charge in [0.1, 0.15) is 17.3 Å². The maximum absolute atomic E-state index is 5.94. The molecule has 0 bridgehead atoms. The minimum atomic E-state index is -0.758. The van der Waals surface area contributed by atoms with Crippen LogP contribution in [-0.2, 0) is 0 Å². The molecule has 0 saturated carbocycles. The van der Waals surface area contributed by atoms with Crippen LogP contribution in [0.25, 0.3) is 0 Å². The van der Waals surface area contributed by atoms with Gasteiger partial charge in [-0.25, -0.2) is 4.99 Å². The summed E-state index contributed by atoms with van der Waals surface area (Å²) in [4.78, 5) is 7.15. The van der Waals surface area contributed by atoms with Crippen LogP contribution >= 0.6 is 0 Å². The zero-order valence-electron chi connectivity index (χ0n) is 12.4. The first-order valence-electron chi connectivity index (χ1n) is 6.95. The Morgan fingerprint density at radius 1 is 1.26 bits per heavy atom. The number of hydrogen-bond donors (Lipinski definition) is 0. The average molecular weight is 275 g/mol. The van der Waals surface area contributed by atoms with Crippen molar-refractivity contribution in [2.24, 2.45) is 4.99 Å². The molecule has 1 heterocycles. The number of aliphatic imine (C=N–C) groups is 1. The van der Waals surface area contributed by atoms with Gasteiger partial charge in [-0.05, 0) is 57.5 Å². The second-order valence-electron chi connectivity index (χ2n) is 5.33. The minimum absolute atomic E-state index is 0.758. The second-order valence-corrected chi connectivity index (χ2v) is 7.36. The molecule has 19 heavy (non-hydrogen) atoms. The molecular weight excluding hydrogens is 252 g/mol. The SMILES string of the molecule is CC(=Nc1cc(C)ccc1O[Si](C)C)N1CCCC1. The third kappa shape index (κ3) is 3.83. The molecule has 2 rings (SSSR count). The van der Waals surface area contributed by atoms with Gasteiger partial charge in [-0.1, -0.05) is 6.07 Å². The van der Waals surface area contributed by atoms with Gasteiger partial charge in [0.15, 0.2) is 0 Å². The van der Waals surface area contributed by atoms with Crippen molar-refractivity contribution in [3.05, 3.63) is 23.8 Å². The fraction of sp³-hybridized carbons (Fsp3) is 0.533. The quantitative estimate of drug-likeness (QED) is 0.476. The molecule has 103 valence electrons. The summed E-state index contributed by atoms with van der Waals surface area (Å²) in [5.41, 5.74) is 2.19. The Bertz CT molecular complexity index is 465. The molecule has 0 atom stereocenters. The number of nitrogens with zero attached hydrogens (tertiary/aromatic N) is 2. The third-order valence-corrected chi connectivity index (χ3v) is 3.90. The van der Waals surface area contributed by atoms with Gasteiger partial charge in [0, 0.05) is 13.1 Å². The topological polar surface area (TPSA) is 24.8 Å². The van der Waals surface area contributed by atoms with Crippen molar-refractivity contribution in [1.29, 1.82) is 0 Å². The first-order valence-corrected chi connectivity index (χ1v) is 9.36. The molecule has 0 spiro atoms. The lowest BCUT2D eigenvalue weighted by Gasteiger charge is -2.18. The predicted molar refractivity (Wildman–Crippen MR) is 82.9 cm³/mol. The highest BCUT2D eigenvalue weighted by Gasteiger charge is 2.14. The number of rotatable bonds is 3. The smallest absolute Gasteiger partial charge is 0.274 e. The molecular formula is C15H23N2OSi. The summed E-state index contributed by atoms with van der Waals surface area (Å²) < 4.78 is 5.94. The molecule has 1 fully saturated rings. The molecule has 1 aromatic carbocycles. The third-order valence-electron chi connectivity index (χ3n) is 3.27. The number of benzene rings is 1. The highest BCUT2D eigenvalue weighted by molar-refractivity contribution is 6.49. The van der Waals surface area contributed by atoms with E-state index in [1.807, 2.05) is 6.07 Å². The fourth-order valence-electron chi connectivity index (χ4n) is 2.31. The summed E-state index contributed by atoms with van der Waals surface area (Å²) in [5, 5.41) is 0. The van der Waals surface area contributed by atoms with Crippen LogP contribution in [0.3, 0.4) is 0 Å². The van der Waals surface area contributed by atoms with E-state index in [1.165, 1.54) is 18.4 Å². The van der Waals surface area contributed by atoms with Crippen molar-refractivity contribution in [2.45, 2.75) is 39.8 Å². The lowest BCUT2D eigenvalue weighted by molar-refractivity contribution is 0.516. The molecule has 1 radical (unpaired) electrons. The first kappa shape index (κ1) is 14.1. The van der Waals surface area contributed by atoms with E-state index >= 15 is 0 Å². The van der Waals surface area contributed by atoms with E-state index in [0.29, 0.717) is 0 Å². The molecule has 0 unspecified atom stereocenters. The van der Waals surface area contributed by atoms with Crippen LogP contribution in [0.5, 0.6) is 5.75 Å². The van der Waals surface area contributed by atoms with Crippen LogP contribution in [0.4, 0.5) is 5.69 Å². The Kier molecular flexibility index (Phi) is 4.64. The number of amidine groups is 1. The first-order chi connectivity index (χ1) is 9.06. The Morgan fingerprint density at radius 2 is 1.95 bits per heavy atom. The predicted octanol–water partition coefficient (Wildman–Crippen LogP) is 3.77. The van der Waals surface area contributed by atoms with E-state index in [-0.39, 0.29) is 0 Å². The van der Waals surface area contributed by atoms with Crippen LogP contribution < -0.4 is 4.43 Å². The van der Waals surface area contributed by atoms with Crippen molar-refractivity contribution in [3.8, 4) is 5.75 Å². The fourth-order valence-corrected chi connectivity index (χ4v) is 2.92. The summed E-state index contributed by atoms with van der Waals surface area (Å²) in [5.74, 6) is 2.02. The van der Waals surface area contributed by atoms with Gasteiger partial charge in [0.25, 0.3) is 9.04 Å². The molecule has 0 aliphatic carbocycles. The molecule has 0 amide bonds. The molecule has 4 heteroatoms. The summed E-state index contributed by atoms with van der Waals surface area (Å²) in [6, 6.07) is 6.24. The standard InChI is InChI=1S/C15H23N2OSi/c1-12-7-8-15(18-19(3)4)14(11-12)16-13(2)17-9-5-6-10-17/h7-8,11H,5-6,9-10H2,1-4H3. The monoisotopic (exact) mass is 275 g/mol. The highest BCUT2D eigenvalue weighted by Crippen LogP contribution is 2.29. The van der Waals surface area contributed by atoms with Gasteiger partial charge < -0.3 is 9.33 Å². The highest BCUT2D eigenvalue weighted by atomic mass is 28.3. The summed E-state index contributed by atoms with van der Waals surface area (Å²) in [6.45, 7) is 10.7. The van der Waals surface area contributed by atoms with Crippen molar-refractivity contribution in [2.75, 3.05) is 13.1 Å². The Balaban J connectivity index is 2.26. The van der Waals surface area contributed by atoms with Crippen LogP contribution in [0, 0.1) is 6.92 Å². The number of hydrogen-bond acceptors (Lipinski definition) is 2. The summed E-state index contributed by atoms with van der Waals surface area (Å²) in [6.07, 6.45) is 2.56. The van der Waals surface area contributed by atoms with Gasteiger partial charge in [-0.2, -0.15) is 0 Å². The lowest BCUT2D eigenvalue weighted by Crippen LogP contribution is -2.24. The number of aryl methyl sites for hydroxylation is 1. The van der Waals surface area contributed by atoms with Gasteiger partial charge in [0.05, 0.1) is 0 Å².